The smallest absolute Gasteiger partial charge is 0.226 e. The summed E-state index contributed by atoms with van der Waals surface area (Å²) >= 11 is 0. The molecule has 1 aliphatic heterocycles. The van der Waals surface area contributed by atoms with Crippen molar-refractivity contribution in [3.63, 3.8) is 0 Å². The molecule has 1 aromatic carbocycles. The Balaban J connectivity index is 1.31. The molecule has 0 bridgehead atoms. The lowest BCUT2D eigenvalue weighted by Gasteiger charge is -2.16. The molecule has 1 aromatic heterocycles. The normalized spacial score (nSPS) is 25.2. The van der Waals surface area contributed by atoms with Gasteiger partial charge in [0.05, 0.1) is 13.3 Å². The van der Waals surface area contributed by atoms with Gasteiger partial charge in [-0.3, -0.25) is 9.48 Å². The number of carbonyl (C=O) groups excluding carboxylic acids is 1. The Morgan fingerprint density at radius 2 is 2.12 bits per heavy atom. The fraction of sp³-hybridized carbons (Fsp3) is 0.500. The molecule has 0 radical (unpaired) electrons. The van der Waals surface area contributed by atoms with Crippen LogP contribution in [0.25, 0.3) is 0 Å². The van der Waals surface area contributed by atoms with Crippen molar-refractivity contribution in [3.05, 3.63) is 47.8 Å². The van der Waals surface area contributed by atoms with Gasteiger partial charge in [0.1, 0.15) is 5.75 Å². The van der Waals surface area contributed by atoms with Gasteiger partial charge in [-0.25, -0.2) is 0 Å². The second-order valence-electron chi connectivity index (χ2n) is 7.39. The summed E-state index contributed by atoms with van der Waals surface area (Å²) in [6, 6.07) is 8.14. The van der Waals surface area contributed by atoms with E-state index in [-0.39, 0.29) is 5.92 Å². The molecule has 2 fully saturated rings. The van der Waals surface area contributed by atoms with Gasteiger partial charge in [0.2, 0.25) is 5.91 Å². The van der Waals surface area contributed by atoms with Crippen LogP contribution in [0.1, 0.15) is 29.9 Å². The monoisotopic (exact) mass is 339 g/mol. The van der Waals surface area contributed by atoms with E-state index in [9.17, 15) is 4.79 Å². The molecule has 1 amide bonds. The quantitative estimate of drug-likeness (QED) is 0.841. The zero-order valence-corrected chi connectivity index (χ0v) is 14.9. The van der Waals surface area contributed by atoms with Crippen LogP contribution in [0.3, 0.4) is 0 Å². The number of benzene rings is 1. The third-order valence-corrected chi connectivity index (χ3v) is 5.53. The van der Waals surface area contributed by atoms with E-state index in [1.54, 1.807) is 7.11 Å². The summed E-state index contributed by atoms with van der Waals surface area (Å²) in [4.78, 5) is 14.9. The second kappa shape index (κ2) is 6.54. The zero-order valence-electron chi connectivity index (χ0n) is 14.9. The first-order valence-corrected chi connectivity index (χ1v) is 9.04. The molecule has 1 saturated carbocycles. The Kier molecular flexibility index (Phi) is 4.24. The molecule has 3 atom stereocenters. The van der Waals surface area contributed by atoms with Crippen molar-refractivity contribution in [3.8, 4) is 5.75 Å². The highest BCUT2D eigenvalue weighted by Gasteiger charge is 2.46. The van der Waals surface area contributed by atoms with Gasteiger partial charge in [-0.2, -0.15) is 5.10 Å². The minimum atomic E-state index is 0.172. The Morgan fingerprint density at radius 1 is 1.32 bits per heavy atom. The minimum Gasteiger partial charge on any atom is -0.497 e. The third-order valence-electron chi connectivity index (χ3n) is 5.53. The Bertz CT molecular complexity index is 753. The maximum atomic E-state index is 12.8. The predicted octanol–water partition coefficient (Wildman–Crippen LogP) is 2.62. The molecule has 2 aliphatic rings. The van der Waals surface area contributed by atoms with Crippen LogP contribution in [0.2, 0.25) is 0 Å². The van der Waals surface area contributed by atoms with Gasteiger partial charge >= 0.3 is 0 Å². The van der Waals surface area contributed by atoms with E-state index in [2.05, 4.69) is 28.3 Å². The molecular formula is C20H25N3O2. The standard InChI is InChI=1S/C20H25N3O2/c1-22-12-15(11-21-22)9-14-7-8-23(13-14)20(24)19-10-18(19)16-3-5-17(25-2)6-4-16/h3-6,11-12,14,18-19H,7-10,13H2,1-2H3/t14-,18-,19-/m0/s1. The van der Waals surface area contributed by atoms with E-state index < -0.39 is 0 Å². The molecule has 5 nitrogen and oxygen atoms in total. The number of carbonyl (C=O) groups is 1. The highest BCUT2D eigenvalue weighted by molar-refractivity contribution is 5.83. The van der Waals surface area contributed by atoms with Gasteiger partial charge in [-0.1, -0.05) is 12.1 Å². The van der Waals surface area contributed by atoms with Crippen LogP contribution in [-0.2, 0) is 18.3 Å². The van der Waals surface area contributed by atoms with E-state index in [1.807, 2.05) is 30.1 Å². The SMILES string of the molecule is COc1ccc([C@@H]2C[C@@H]2C(=O)N2CC[C@@H](Cc3cnn(C)c3)C2)cc1. The number of amides is 1. The minimum absolute atomic E-state index is 0.172. The van der Waals surface area contributed by atoms with Crippen LogP contribution in [0, 0.1) is 11.8 Å². The molecule has 132 valence electrons. The lowest BCUT2D eigenvalue weighted by molar-refractivity contribution is -0.131. The van der Waals surface area contributed by atoms with Crippen LogP contribution < -0.4 is 4.74 Å². The Labute approximate surface area is 148 Å². The Morgan fingerprint density at radius 3 is 2.80 bits per heavy atom. The van der Waals surface area contributed by atoms with Gasteiger partial charge in [-0.15, -0.1) is 0 Å². The van der Waals surface area contributed by atoms with Gasteiger partial charge in [-0.05, 0) is 54.4 Å². The van der Waals surface area contributed by atoms with Gasteiger partial charge in [0.15, 0.2) is 0 Å². The highest BCUT2D eigenvalue weighted by atomic mass is 16.5. The average molecular weight is 339 g/mol. The fourth-order valence-electron chi connectivity index (χ4n) is 4.03. The molecular weight excluding hydrogens is 314 g/mol. The molecule has 5 heteroatoms. The Hall–Kier alpha value is -2.30. The number of aryl methyl sites for hydroxylation is 1. The van der Waals surface area contributed by atoms with E-state index in [4.69, 9.17) is 4.74 Å². The van der Waals surface area contributed by atoms with Crippen LogP contribution in [-0.4, -0.2) is 40.8 Å². The maximum Gasteiger partial charge on any atom is 0.226 e. The molecule has 0 unspecified atom stereocenters. The van der Waals surface area contributed by atoms with Crippen molar-refractivity contribution in [2.75, 3.05) is 20.2 Å². The highest BCUT2D eigenvalue weighted by Crippen LogP contribution is 2.49. The van der Waals surface area contributed by atoms with Crippen molar-refractivity contribution in [2.24, 2.45) is 18.9 Å². The summed E-state index contributed by atoms with van der Waals surface area (Å²) < 4.78 is 7.05. The van der Waals surface area contributed by atoms with E-state index in [1.165, 1.54) is 11.1 Å². The number of likely N-dealkylation sites (tertiary alicyclic amines) is 1. The molecule has 4 rings (SSSR count). The number of methoxy groups -OCH3 is 1. The van der Waals surface area contributed by atoms with Crippen molar-refractivity contribution in [1.82, 2.24) is 14.7 Å². The first-order valence-electron chi connectivity index (χ1n) is 9.04. The van der Waals surface area contributed by atoms with Crippen molar-refractivity contribution >= 4 is 5.91 Å². The summed E-state index contributed by atoms with van der Waals surface area (Å²) in [6.07, 6.45) is 7.11. The zero-order chi connectivity index (χ0) is 17.4. The number of aromatic nitrogens is 2. The second-order valence-corrected chi connectivity index (χ2v) is 7.39. The first kappa shape index (κ1) is 16.2. The van der Waals surface area contributed by atoms with E-state index >= 15 is 0 Å². The molecule has 25 heavy (non-hydrogen) atoms. The van der Waals surface area contributed by atoms with Crippen LogP contribution in [0.5, 0.6) is 5.75 Å². The van der Waals surface area contributed by atoms with Gasteiger partial charge in [0.25, 0.3) is 0 Å². The summed E-state index contributed by atoms with van der Waals surface area (Å²) in [5.74, 6) is 2.33. The number of rotatable bonds is 5. The molecule has 2 aromatic rings. The van der Waals surface area contributed by atoms with E-state index in [0.29, 0.717) is 17.7 Å². The molecule has 1 aliphatic carbocycles. The number of hydrogen-bond donors (Lipinski definition) is 0. The predicted molar refractivity (Wildman–Crippen MR) is 95.4 cm³/mol. The first-order chi connectivity index (χ1) is 12.1. The topological polar surface area (TPSA) is 47.4 Å². The van der Waals surface area contributed by atoms with Crippen LogP contribution in [0.15, 0.2) is 36.7 Å². The van der Waals surface area contributed by atoms with Crippen molar-refractivity contribution in [2.45, 2.75) is 25.2 Å². The van der Waals surface area contributed by atoms with Crippen LogP contribution in [0.4, 0.5) is 0 Å². The lowest BCUT2D eigenvalue weighted by atomic mass is 10.0. The molecule has 1 saturated heterocycles. The number of hydrogen-bond acceptors (Lipinski definition) is 3. The molecule has 0 spiro atoms. The largest absolute Gasteiger partial charge is 0.497 e. The van der Waals surface area contributed by atoms with Crippen molar-refractivity contribution in [1.29, 1.82) is 0 Å². The molecule has 0 N–H and O–H groups in total. The van der Waals surface area contributed by atoms with E-state index in [0.717, 1.165) is 38.1 Å². The summed E-state index contributed by atoms with van der Waals surface area (Å²) in [6.45, 7) is 1.79. The third kappa shape index (κ3) is 3.41. The molecule has 2 heterocycles. The summed E-state index contributed by atoms with van der Waals surface area (Å²) in [5.41, 5.74) is 2.52. The number of nitrogens with zero attached hydrogens (tertiary/aromatic N) is 3. The number of ether oxygens (including phenoxy) is 1. The maximum absolute atomic E-state index is 12.8. The lowest BCUT2D eigenvalue weighted by Crippen LogP contribution is -2.30. The summed E-state index contributed by atoms with van der Waals surface area (Å²) in [5, 5.41) is 4.23. The average Bonchev–Trinajstić information content (AvgIpc) is 3.12. The van der Waals surface area contributed by atoms with Gasteiger partial charge in [0, 0.05) is 32.3 Å². The fourth-order valence-corrected chi connectivity index (χ4v) is 4.03. The summed E-state index contributed by atoms with van der Waals surface area (Å²) in [7, 11) is 3.62. The van der Waals surface area contributed by atoms with Crippen LogP contribution >= 0.6 is 0 Å². The van der Waals surface area contributed by atoms with Crippen molar-refractivity contribution < 1.29 is 9.53 Å². The van der Waals surface area contributed by atoms with Gasteiger partial charge < -0.3 is 9.64 Å².